The van der Waals surface area contributed by atoms with Gasteiger partial charge in [0, 0.05) is 9.61 Å². The Labute approximate surface area is 136 Å². The van der Waals surface area contributed by atoms with Crippen LogP contribution in [0, 0.1) is 9.39 Å². The molecule has 5 nitrogen and oxygen atoms in total. The summed E-state index contributed by atoms with van der Waals surface area (Å²) in [5.74, 6) is -0.541. The highest BCUT2D eigenvalue weighted by Crippen LogP contribution is 2.29. The van der Waals surface area contributed by atoms with Gasteiger partial charge < -0.3 is 15.2 Å². The molecule has 2 rings (SSSR count). The van der Waals surface area contributed by atoms with Crippen LogP contribution in [0.1, 0.15) is 31.4 Å². The number of benzene rings is 1. The van der Waals surface area contributed by atoms with Crippen LogP contribution in [0.2, 0.25) is 0 Å². The van der Waals surface area contributed by atoms with E-state index in [0.29, 0.717) is 15.2 Å². The second-order valence-electron chi connectivity index (χ2n) is 4.88. The van der Waals surface area contributed by atoms with Gasteiger partial charge in [0.1, 0.15) is 5.82 Å². The van der Waals surface area contributed by atoms with Crippen LogP contribution in [0.15, 0.2) is 12.1 Å². The molecular weight excluding hydrogens is 390 g/mol. The smallest absolute Gasteiger partial charge is 0.411 e. The van der Waals surface area contributed by atoms with Crippen LogP contribution in [0.3, 0.4) is 0 Å². The monoisotopic (exact) mass is 408 g/mol. The van der Waals surface area contributed by atoms with Gasteiger partial charge in [-0.3, -0.25) is 5.32 Å². The summed E-state index contributed by atoms with van der Waals surface area (Å²) < 4.78 is 19.5. The van der Waals surface area contributed by atoms with E-state index < -0.39 is 11.9 Å². The van der Waals surface area contributed by atoms with E-state index in [1.54, 1.807) is 13.0 Å². The van der Waals surface area contributed by atoms with Crippen molar-refractivity contribution in [1.29, 1.82) is 0 Å². The van der Waals surface area contributed by atoms with Crippen LogP contribution in [0.25, 0.3) is 0 Å². The van der Waals surface area contributed by atoms with Gasteiger partial charge in [-0.1, -0.05) is 0 Å². The third-order valence-electron chi connectivity index (χ3n) is 3.17. The number of hydrogen-bond acceptors (Lipinski definition) is 4. The molecule has 0 aliphatic heterocycles. The summed E-state index contributed by atoms with van der Waals surface area (Å²) in [6.45, 7) is 1.80. The van der Waals surface area contributed by atoms with Gasteiger partial charge in [-0.15, -0.1) is 0 Å². The number of carbonyl (C=O) groups excluding carboxylic acids is 1. The lowest BCUT2D eigenvalue weighted by Gasteiger charge is -2.18. The van der Waals surface area contributed by atoms with E-state index in [2.05, 4.69) is 10.6 Å². The Hall–Kier alpha value is -0.930. The van der Waals surface area contributed by atoms with E-state index >= 15 is 0 Å². The number of aliphatic hydroxyl groups is 1. The molecule has 0 aromatic heterocycles. The number of hydrogen-bond donors (Lipinski definition) is 3. The normalized spacial score (nSPS) is 15.6. The molecule has 3 N–H and O–H groups in total. The fraction of sp³-hybridized carbons (Fsp3) is 0.500. The molecule has 21 heavy (non-hydrogen) atoms. The number of aliphatic hydroxyl groups excluding tert-OH is 1. The van der Waals surface area contributed by atoms with Crippen LogP contribution in [0.5, 0.6) is 0 Å². The maximum atomic E-state index is 14.2. The van der Waals surface area contributed by atoms with Crippen molar-refractivity contribution in [3.8, 4) is 0 Å². The minimum Gasteiger partial charge on any atom is -0.450 e. The second-order valence-corrected chi connectivity index (χ2v) is 6.04. The van der Waals surface area contributed by atoms with E-state index in [-0.39, 0.29) is 24.9 Å². The summed E-state index contributed by atoms with van der Waals surface area (Å²) in [6, 6.07) is 3.19. The zero-order valence-corrected chi connectivity index (χ0v) is 13.8. The first kappa shape index (κ1) is 16.4. The average molecular weight is 408 g/mol. The first-order valence-electron chi connectivity index (χ1n) is 6.84. The number of amides is 1. The zero-order valence-electron chi connectivity index (χ0n) is 11.7. The molecule has 0 spiro atoms. The van der Waals surface area contributed by atoms with Crippen molar-refractivity contribution in [2.45, 2.75) is 31.8 Å². The molecule has 1 amide bonds. The number of halogens is 2. The Morgan fingerprint density at radius 3 is 2.81 bits per heavy atom. The van der Waals surface area contributed by atoms with E-state index in [4.69, 9.17) is 4.74 Å². The molecule has 116 valence electrons. The lowest BCUT2D eigenvalue weighted by Crippen LogP contribution is -2.26. The summed E-state index contributed by atoms with van der Waals surface area (Å²) in [5, 5.41) is 15.1. The first-order chi connectivity index (χ1) is 10.0. The summed E-state index contributed by atoms with van der Waals surface area (Å²) in [4.78, 5) is 11.4. The second kappa shape index (κ2) is 7.37. The maximum Gasteiger partial charge on any atom is 0.411 e. The van der Waals surface area contributed by atoms with Gasteiger partial charge in [0.2, 0.25) is 0 Å². The van der Waals surface area contributed by atoms with E-state index in [0.717, 1.165) is 12.8 Å². The largest absolute Gasteiger partial charge is 0.450 e. The van der Waals surface area contributed by atoms with Gasteiger partial charge in [0.15, 0.2) is 0 Å². The highest BCUT2D eigenvalue weighted by Gasteiger charge is 2.26. The van der Waals surface area contributed by atoms with Gasteiger partial charge in [-0.25, -0.2) is 9.18 Å². The molecule has 1 aliphatic carbocycles. The van der Waals surface area contributed by atoms with E-state index in [9.17, 15) is 14.3 Å². The van der Waals surface area contributed by atoms with Crippen molar-refractivity contribution >= 4 is 34.4 Å². The van der Waals surface area contributed by atoms with Crippen LogP contribution in [-0.4, -0.2) is 30.5 Å². The number of anilines is 1. The van der Waals surface area contributed by atoms with Crippen molar-refractivity contribution in [1.82, 2.24) is 5.32 Å². The summed E-state index contributed by atoms with van der Waals surface area (Å²) >= 11 is 1.95. The number of carbonyl (C=O) groups is 1. The van der Waals surface area contributed by atoms with Crippen molar-refractivity contribution in [2.75, 3.05) is 18.5 Å². The Morgan fingerprint density at radius 2 is 2.29 bits per heavy atom. The summed E-state index contributed by atoms with van der Waals surface area (Å²) in [7, 11) is 0. The molecule has 0 saturated heterocycles. The quantitative estimate of drug-likeness (QED) is 0.634. The van der Waals surface area contributed by atoms with Gasteiger partial charge in [-0.2, -0.15) is 0 Å². The summed E-state index contributed by atoms with van der Waals surface area (Å²) in [6.07, 6.45) is 1.48. The molecule has 0 radical (unpaired) electrons. The van der Waals surface area contributed by atoms with Gasteiger partial charge in [0.25, 0.3) is 0 Å². The number of rotatable bonds is 6. The zero-order chi connectivity index (χ0) is 15.4. The minimum absolute atomic E-state index is 0.0981. The molecule has 1 saturated carbocycles. The van der Waals surface area contributed by atoms with Crippen LogP contribution >= 0.6 is 22.6 Å². The minimum atomic E-state index is -0.683. The Balaban J connectivity index is 2.16. The standard InChI is InChI=1S/C14H18FIN2O3/c1-2-21-14(20)18-13-10(15)5-8(6-11(13)16)12(7-19)17-9-3-4-9/h5-6,9,12,17,19H,2-4,7H2,1H3,(H,18,20). The van der Waals surface area contributed by atoms with Gasteiger partial charge >= 0.3 is 6.09 Å². The van der Waals surface area contributed by atoms with Gasteiger partial charge in [-0.05, 0) is 60.1 Å². The number of nitrogens with one attached hydrogen (secondary N) is 2. The molecule has 7 heteroatoms. The summed E-state index contributed by atoms with van der Waals surface area (Å²) in [5.41, 5.74) is 0.765. The molecule has 1 aromatic rings. The van der Waals surface area contributed by atoms with E-state index in [1.807, 2.05) is 22.6 Å². The molecule has 1 aromatic carbocycles. The molecule has 1 fully saturated rings. The molecule has 0 heterocycles. The molecule has 0 bridgehead atoms. The Morgan fingerprint density at radius 1 is 1.57 bits per heavy atom. The SMILES string of the molecule is CCOC(=O)Nc1c(F)cc(C(CO)NC2CC2)cc1I. The maximum absolute atomic E-state index is 14.2. The van der Waals surface area contributed by atoms with Gasteiger partial charge in [0.05, 0.1) is 24.9 Å². The van der Waals surface area contributed by atoms with Crippen molar-refractivity contribution in [3.05, 3.63) is 27.1 Å². The Kier molecular flexibility index (Phi) is 5.77. The van der Waals surface area contributed by atoms with Crippen molar-refractivity contribution in [2.24, 2.45) is 0 Å². The fourth-order valence-electron chi connectivity index (χ4n) is 1.97. The van der Waals surface area contributed by atoms with Crippen LogP contribution in [-0.2, 0) is 4.74 Å². The first-order valence-corrected chi connectivity index (χ1v) is 7.92. The topological polar surface area (TPSA) is 70.6 Å². The highest BCUT2D eigenvalue weighted by molar-refractivity contribution is 14.1. The third kappa shape index (κ3) is 4.52. The van der Waals surface area contributed by atoms with Crippen molar-refractivity contribution in [3.63, 3.8) is 0 Å². The molecular formula is C14H18FIN2O3. The Bertz CT molecular complexity index is 500. The lowest BCUT2D eigenvalue weighted by molar-refractivity contribution is 0.167. The lowest BCUT2D eigenvalue weighted by atomic mass is 10.1. The predicted octanol–water partition coefficient (Wildman–Crippen LogP) is 2.78. The predicted molar refractivity (Wildman–Crippen MR) is 85.7 cm³/mol. The molecule has 1 unspecified atom stereocenters. The van der Waals surface area contributed by atoms with Crippen LogP contribution in [0.4, 0.5) is 14.9 Å². The van der Waals surface area contributed by atoms with E-state index in [1.165, 1.54) is 6.07 Å². The fourth-order valence-corrected chi connectivity index (χ4v) is 2.72. The van der Waals surface area contributed by atoms with Crippen molar-refractivity contribution < 1.29 is 19.0 Å². The number of ether oxygens (including phenoxy) is 1. The molecule has 1 aliphatic rings. The molecule has 1 atom stereocenters. The third-order valence-corrected chi connectivity index (χ3v) is 4.02. The van der Waals surface area contributed by atoms with Crippen LogP contribution < -0.4 is 10.6 Å². The highest BCUT2D eigenvalue weighted by atomic mass is 127. The average Bonchev–Trinajstić information content (AvgIpc) is 3.24.